The van der Waals surface area contributed by atoms with Crippen molar-refractivity contribution in [3.63, 3.8) is 0 Å². The molecule has 0 N–H and O–H groups in total. The van der Waals surface area contributed by atoms with Crippen molar-refractivity contribution >= 4 is 50.6 Å². The minimum atomic E-state index is -3.05. The predicted molar refractivity (Wildman–Crippen MR) is 241 cm³/mol. The summed E-state index contributed by atoms with van der Waals surface area (Å²) in [7, 11) is -3.05. The van der Waals surface area contributed by atoms with Crippen molar-refractivity contribution in [2.45, 2.75) is 0 Å². The Morgan fingerprint density at radius 3 is 1.40 bits per heavy atom. The van der Waals surface area contributed by atoms with Gasteiger partial charge >= 0.3 is 0 Å². The first kappa shape index (κ1) is 33.2. The van der Waals surface area contributed by atoms with Gasteiger partial charge in [-0.05, 0) is 85.3 Å². The highest BCUT2D eigenvalue weighted by Gasteiger charge is 2.49. The summed E-state index contributed by atoms with van der Waals surface area (Å²) in [5, 5.41) is 7.67. The smallest absolute Gasteiger partial charge is 0.189 e. The molecule has 0 aliphatic carbocycles. The highest BCUT2D eigenvalue weighted by molar-refractivity contribution is 7.21. The van der Waals surface area contributed by atoms with Crippen LogP contribution >= 0.6 is 0 Å². The maximum Gasteiger partial charge on any atom is 0.189 e. The van der Waals surface area contributed by atoms with E-state index in [1.807, 2.05) is 0 Å². The summed E-state index contributed by atoms with van der Waals surface area (Å²) in [6.45, 7) is 0. The van der Waals surface area contributed by atoms with Crippen LogP contribution in [0.3, 0.4) is 0 Å². The van der Waals surface area contributed by atoms with Gasteiger partial charge in [0.15, 0.2) is 8.07 Å². The molecule has 0 saturated carbocycles. The maximum atomic E-state index is 6.93. The SMILES string of the molecule is c1ccc(-c2ccc(-c3cccc4c3[Si](c3ccc(-c5ccccc5)cc3)(c3ccc(-n5c6ccccc6c6ccccc65)cc3)c3ccccc3O4)cc2)cc1. The Balaban J connectivity index is 1.17. The van der Waals surface area contributed by atoms with E-state index < -0.39 is 8.07 Å². The van der Waals surface area contributed by atoms with E-state index in [1.54, 1.807) is 0 Å². The molecule has 11 rings (SSSR count). The van der Waals surface area contributed by atoms with E-state index in [-0.39, 0.29) is 0 Å². The second-order valence-electron chi connectivity index (χ2n) is 14.8. The molecule has 57 heavy (non-hydrogen) atoms. The number of hydrogen-bond acceptors (Lipinski definition) is 1. The van der Waals surface area contributed by atoms with E-state index in [2.05, 4.69) is 229 Å². The maximum absolute atomic E-state index is 6.93. The van der Waals surface area contributed by atoms with Crippen molar-refractivity contribution in [2.24, 2.45) is 0 Å². The quantitative estimate of drug-likeness (QED) is 0.155. The molecule has 1 aromatic heterocycles. The molecule has 9 aromatic carbocycles. The van der Waals surface area contributed by atoms with Crippen molar-refractivity contribution in [3.05, 3.63) is 224 Å². The fraction of sp³-hybridized carbons (Fsp3) is 0. The highest BCUT2D eigenvalue weighted by Crippen LogP contribution is 2.36. The largest absolute Gasteiger partial charge is 0.458 e. The standard InChI is InChI=1S/C54H37NOSi/c1-3-14-38(15-4-1)40-26-28-42(29-27-40)46-20-13-24-52-54(46)57(53-25-12-11-23-51(53)56-52,44-34-30-41(31-35-44)39-16-5-2-6-17-39)45-36-32-43(33-37-45)55-49-21-9-7-18-47(49)48-19-8-10-22-50(48)55/h1-37H. The van der Waals surface area contributed by atoms with Crippen LogP contribution in [0.4, 0.5) is 0 Å². The average molecular weight is 744 g/mol. The van der Waals surface area contributed by atoms with Crippen LogP contribution in [0.1, 0.15) is 0 Å². The fourth-order valence-electron chi connectivity index (χ4n) is 9.21. The Hall–Kier alpha value is -7.20. The van der Waals surface area contributed by atoms with Gasteiger partial charge in [0.25, 0.3) is 0 Å². The highest BCUT2D eigenvalue weighted by atomic mass is 28.3. The van der Waals surface area contributed by atoms with E-state index in [0.29, 0.717) is 0 Å². The van der Waals surface area contributed by atoms with Crippen LogP contribution in [0.5, 0.6) is 11.5 Å². The lowest BCUT2D eigenvalue weighted by Crippen LogP contribution is -2.76. The first-order valence-electron chi connectivity index (χ1n) is 19.6. The molecule has 268 valence electrons. The van der Waals surface area contributed by atoms with Crippen LogP contribution in [-0.2, 0) is 0 Å². The molecule has 0 bridgehead atoms. The van der Waals surface area contributed by atoms with Gasteiger partial charge in [-0.1, -0.05) is 188 Å². The number of ether oxygens (including phenoxy) is 1. The Morgan fingerprint density at radius 1 is 0.333 bits per heavy atom. The van der Waals surface area contributed by atoms with Crippen molar-refractivity contribution in [1.29, 1.82) is 0 Å². The van der Waals surface area contributed by atoms with Crippen molar-refractivity contribution in [3.8, 4) is 50.6 Å². The summed E-state index contributed by atoms with van der Waals surface area (Å²) >= 11 is 0. The minimum absolute atomic E-state index is 0.920. The normalized spacial score (nSPS) is 14.5. The number of hydrogen-bond donors (Lipinski definition) is 0. The third-order valence-electron chi connectivity index (χ3n) is 11.8. The van der Waals surface area contributed by atoms with E-state index in [0.717, 1.165) is 17.2 Å². The third-order valence-corrected chi connectivity index (χ3v) is 16.7. The summed E-state index contributed by atoms with van der Waals surface area (Å²) in [4.78, 5) is 0. The van der Waals surface area contributed by atoms with Crippen LogP contribution in [0.2, 0.25) is 0 Å². The topological polar surface area (TPSA) is 14.2 Å². The molecule has 1 aliphatic heterocycles. The molecular weight excluding hydrogens is 707 g/mol. The molecule has 0 fully saturated rings. The number of aromatic nitrogens is 1. The third kappa shape index (κ3) is 5.31. The number of benzene rings is 9. The molecule has 3 heteroatoms. The van der Waals surface area contributed by atoms with Gasteiger partial charge in [0.05, 0.1) is 11.0 Å². The summed E-state index contributed by atoms with van der Waals surface area (Å²) in [5.74, 6) is 1.84. The van der Waals surface area contributed by atoms with Crippen molar-refractivity contribution in [2.75, 3.05) is 0 Å². The lowest BCUT2D eigenvalue weighted by molar-refractivity contribution is 0.487. The van der Waals surface area contributed by atoms with Gasteiger partial charge in [0.2, 0.25) is 0 Å². The summed E-state index contributed by atoms with van der Waals surface area (Å²) < 4.78 is 9.34. The molecule has 0 spiro atoms. The zero-order chi connectivity index (χ0) is 37.8. The Bertz CT molecular complexity index is 3010. The molecule has 2 heterocycles. The van der Waals surface area contributed by atoms with Crippen molar-refractivity contribution < 1.29 is 4.74 Å². The Kier molecular flexibility index (Phi) is 7.87. The van der Waals surface area contributed by atoms with Crippen LogP contribution in [-0.4, -0.2) is 12.6 Å². The second-order valence-corrected chi connectivity index (χ2v) is 18.5. The zero-order valence-electron chi connectivity index (χ0n) is 31.2. The van der Waals surface area contributed by atoms with Gasteiger partial charge < -0.3 is 9.30 Å². The van der Waals surface area contributed by atoms with Crippen LogP contribution < -0.4 is 25.5 Å². The molecule has 1 atom stereocenters. The minimum Gasteiger partial charge on any atom is -0.458 e. The molecule has 0 saturated heterocycles. The monoisotopic (exact) mass is 743 g/mol. The van der Waals surface area contributed by atoms with Gasteiger partial charge in [-0.2, -0.15) is 0 Å². The second kappa shape index (κ2) is 13.5. The van der Waals surface area contributed by atoms with Crippen LogP contribution in [0.15, 0.2) is 224 Å². The number of para-hydroxylation sites is 3. The lowest BCUT2D eigenvalue weighted by Gasteiger charge is -2.41. The number of fused-ring (bicyclic) bond motifs is 5. The summed E-state index contributed by atoms with van der Waals surface area (Å²) in [6, 6.07) is 82.0. The van der Waals surface area contributed by atoms with E-state index >= 15 is 0 Å². The van der Waals surface area contributed by atoms with Gasteiger partial charge in [-0.3, -0.25) is 0 Å². The fourth-order valence-corrected chi connectivity index (χ4v) is 14.3. The molecular formula is C54H37NOSi. The molecule has 10 aromatic rings. The summed E-state index contributed by atoms with van der Waals surface area (Å²) in [6.07, 6.45) is 0. The molecule has 1 aliphatic rings. The number of rotatable bonds is 6. The van der Waals surface area contributed by atoms with Gasteiger partial charge in [-0.15, -0.1) is 0 Å². The predicted octanol–water partition coefficient (Wildman–Crippen LogP) is 11.3. The molecule has 0 amide bonds. The van der Waals surface area contributed by atoms with E-state index in [9.17, 15) is 0 Å². The van der Waals surface area contributed by atoms with E-state index in [1.165, 1.54) is 75.9 Å². The van der Waals surface area contributed by atoms with Crippen LogP contribution in [0.25, 0.3) is 60.9 Å². The number of nitrogens with zero attached hydrogens (tertiary/aromatic N) is 1. The Labute approximate surface area is 333 Å². The first-order chi connectivity index (χ1) is 28.3. The van der Waals surface area contributed by atoms with Gasteiger partial charge in [0.1, 0.15) is 11.5 Å². The van der Waals surface area contributed by atoms with E-state index in [4.69, 9.17) is 4.74 Å². The lowest BCUT2D eigenvalue weighted by atomic mass is 10.00. The summed E-state index contributed by atoms with van der Waals surface area (Å²) in [5.41, 5.74) is 10.8. The van der Waals surface area contributed by atoms with Gasteiger partial charge in [0, 0.05) is 21.6 Å². The average Bonchev–Trinajstić information content (AvgIpc) is 3.63. The Morgan fingerprint density at radius 2 is 0.789 bits per heavy atom. The molecule has 1 unspecified atom stereocenters. The zero-order valence-corrected chi connectivity index (χ0v) is 32.2. The van der Waals surface area contributed by atoms with Crippen molar-refractivity contribution in [1.82, 2.24) is 4.57 Å². The van der Waals surface area contributed by atoms with Gasteiger partial charge in [-0.25, -0.2) is 0 Å². The molecule has 0 radical (unpaired) electrons. The first-order valence-corrected chi connectivity index (χ1v) is 21.6. The molecule has 2 nitrogen and oxygen atoms in total. The van der Waals surface area contributed by atoms with Crippen LogP contribution in [0, 0.1) is 0 Å².